The molecule has 0 bridgehead atoms. The van der Waals surface area contributed by atoms with Crippen LogP contribution in [-0.2, 0) is 5.41 Å². The fraction of sp³-hybridized carbons (Fsp3) is 0.0588. The Hall–Kier alpha value is -6.64. The monoisotopic (exact) mass is 676 g/mol. The first-order chi connectivity index (χ1) is 26.0. The van der Waals surface area contributed by atoms with Gasteiger partial charge in [-0.25, -0.2) is 0 Å². The zero-order valence-electron chi connectivity index (χ0n) is 29.7. The Morgan fingerprint density at radius 3 is 1.60 bits per heavy atom. The van der Waals surface area contributed by atoms with Crippen LogP contribution in [0.15, 0.2) is 182 Å². The second kappa shape index (κ2) is 11.2. The summed E-state index contributed by atoms with van der Waals surface area (Å²) in [6.45, 7) is 4.78. The number of para-hydroxylation sites is 3. The van der Waals surface area contributed by atoms with Crippen LogP contribution in [0.1, 0.15) is 25.0 Å². The molecule has 2 heterocycles. The summed E-state index contributed by atoms with van der Waals surface area (Å²) in [7, 11) is 0. The van der Waals surface area contributed by atoms with Crippen molar-refractivity contribution in [1.82, 2.24) is 9.13 Å². The van der Waals surface area contributed by atoms with Gasteiger partial charge in [0.1, 0.15) is 0 Å². The molecule has 2 aromatic heterocycles. The lowest BCUT2D eigenvalue weighted by atomic mass is 9.81. The van der Waals surface area contributed by atoms with Gasteiger partial charge in [-0.15, -0.1) is 0 Å². The zero-order valence-corrected chi connectivity index (χ0v) is 29.7. The molecule has 0 fully saturated rings. The fourth-order valence-electron chi connectivity index (χ4n) is 9.12. The average molecular weight is 677 g/mol. The Balaban J connectivity index is 1.05. The van der Waals surface area contributed by atoms with Crippen LogP contribution in [0, 0.1) is 0 Å². The molecule has 0 saturated carbocycles. The molecule has 0 saturated heterocycles. The number of hydrogen-bond donors (Lipinski definition) is 0. The molecule has 11 rings (SSSR count). The summed E-state index contributed by atoms with van der Waals surface area (Å²) in [5.41, 5.74) is 17.5. The van der Waals surface area contributed by atoms with Gasteiger partial charge in [-0.3, -0.25) is 0 Å². The maximum absolute atomic E-state index is 2.46. The van der Waals surface area contributed by atoms with Crippen molar-refractivity contribution in [3.63, 3.8) is 0 Å². The Bertz CT molecular complexity index is 3070. The third-order valence-corrected chi connectivity index (χ3v) is 11.7. The number of fused-ring (bicyclic) bond motifs is 9. The largest absolute Gasteiger partial charge is 0.309 e. The van der Waals surface area contributed by atoms with Gasteiger partial charge in [0, 0.05) is 38.3 Å². The average Bonchev–Trinajstić information content (AvgIpc) is 3.80. The van der Waals surface area contributed by atoms with E-state index in [0.29, 0.717) is 0 Å². The SMILES string of the molecule is CC1(C)c2cc(-c3ccc4c(c3)c3ccccc3n4-c3cccc(-c4ccccc4)c3)ccc2-c2cc3c4ccccc4n(-c4ccccc4)c3cc21. The molecule has 0 unspecified atom stereocenters. The van der Waals surface area contributed by atoms with E-state index in [0.717, 1.165) is 0 Å². The summed E-state index contributed by atoms with van der Waals surface area (Å²) in [6, 6.07) is 67.0. The molecule has 0 N–H and O–H groups in total. The first kappa shape index (κ1) is 30.0. The van der Waals surface area contributed by atoms with Crippen molar-refractivity contribution in [3.05, 3.63) is 193 Å². The van der Waals surface area contributed by atoms with Crippen molar-refractivity contribution < 1.29 is 0 Å². The number of nitrogens with zero attached hydrogens (tertiary/aromatic N) is 2. The minimum Gasteiger partial charge on any atom is -0.309 e. The molecule has 1 aliphatic carbocycles. The van der Waals surface area contributed by atoms with Gasteiger partial charge in [-0.05, 0) is 111 Å². The summed E-state index contributed by atoms with van der Waals surface area (Å²) in [5, 5.41) is 5.12. The molecule has 2 nitrogen and oxygen atoms in total. The first-order valence-corrected chi connectivity index (χ1v) is 18.5. The van der Waals surface area contributed by atoms with E-state index in [4.69, 9.17) is 0 Å². The van der Waals surface area contributed by atoms with Gasteiger partial charge >= 0.3 is 0 Å². The summed E-state index contributed by atoms with van der Waals surface area (Å²) >= 11 is 0. The van der Waals surface area contributed by atoms with E-state index < -0.39 is 0 Å². The van der Waals surface area contributed by atoms with E-state index in [-0.39, 0.29) is 5.41 Å². The number of rotatable bonds is 4. The van der Waals surface area contributed by atoms with E-state index in [1.54, 1.807) is 0 Å². The lowest BCUT2D eigenvalue weighted by molar-refractivity contribution is 0.661. The Morgan fingerprint density at radius 1 is 0.321 bits per heavy atom. The number of aromatic nitrogens is 2. The number of benzene rings is 8. The van der Waals surface area contributed by atoms with Crippen molar-refractivity contribution >= 4 is 43.6 Å². The van der Waals surface area contributed by atoms with E-state index in [2.05, 4.69) is 205 Å². The molecule has 250 valence electrons. The molecule has 0 atom stereocenters. The highest BCUT2D eigenvalue weighted by atomic mass is 15.0. The van der Waals surface area contributed by atoms with Crippen LogP contribution in [0.2, 0.25) is 0 Å². The minimum atomic E-state index is -0.156. The van der Waals surface area contributed by atoms with Crippen molar-refractivity contribution in [2.24, 2.45) is 0 Å². The van der Waals surface area contributed by atoms with Crippen LogP contribution in [0.5, 0.6) is 0 Å². The van der Waals surface area contributed by atoms with Crippen LogP contribution < -0.4 is 0 Å². The van der Waals surface area contributed by atoms with Crippen molar-refractivity contribution in [3.8, 4) is 44.8 Å². The van der Waals surface area contributed by atoms with Crippen molar-refractivity contribution in [1.29, 1.82) is 0 Å². The topological polar surface area (TPSA) is 9.86 Å². The number of hydrogen-bond acceptors (Lipinski definition) is 0. The van der Waals surface area contributed by atoms with E-state index >= 15 is 0 Å². The quantitative estimate of drug-likeness (QED) is 0.176. The second-order valence-corrected chi connectivity index (χ2v) is 15.0. The highest BCUT2D eigenvalue weighted by Gasteiger charge is 2.36. The molecule has 0 radical (unpaired) electrons. The van der Waals surface area contributed by atoms with Crippen LogP contribution in [0.4, 0.5) is 0 Å². The molecule has 2 heteroatoms. The minimum absolute atomic E-state index is 0.156. The molecule has 8 aromatic carbocycles. The van der Waals surface area contributed by atoms with E-state index in [1.165, 1.54) is 99.5 Å². The van der Waals surface area contributed by atoms with Gasteiger partial charge in [-0.1, -0.05) is 129 Å². The molecular formula is C51H36N2. The van der Waals surface area contributed by atoms with Gasteiger partial charge in [0.05, 0.1) is 22.1 Å². The Labute approximate surface area is 308 Å². The zero-order chi connectivity index (χ0) is 35.3. The summed E-state index contributed by atoms with van der Waals surface area (Å²) in [5.74, 6) is 0. The van der Waals surface area contributed by atoms with Crippen LogP contribution >= 0.6 is 0 Å². The van der Waals surface area contributed by atoms with Gasteiger partial charge in [0.15, 0.2) is 0 Å². The summed E-state index contributed by atoms with van der Waals surface area (Å²) in [4.78, 5) is 0. The third-order valence-electron chi connectivity index (χ3n) is 11.7. The van der Waals surface area contributed by atoms with E-state index in [1.807, 2.05) is 0 Å². The van der Waals surface area contributed by atoms with Gasteiger partial charge in [0.25, 0.3) is 0 Å². The normalized spacial score (nSPS) is 13.2. The lowest BCUT2D eigenvalue weighted by Gasteiger charge is -2.22. The lowest BCUT2D eigenvalue weighted by Crippen LogP contribution is -2.15. The Kier molecular flexibility index (Phi) is 6.33. The molecule has 53 heavy (non-hydrogen) atoms. The van der Waals surface area contributed by atoms with Crippen LogP contribution in [0.25, 0.3) is 88.4 Å². The predicted molar refractivity (Wildman–Crippen MR) is 224 cm³/mol. The highest BCUT2D eigenvalue weighted by Crippen LogP contribution is 2.52. The molecule has 10 aromatic rings. The molecule has 0 spiro atoms. The smallest absolute Gasteiger partial charge is 0.0544 e. The predicted octanol–water partition coefficient (Wildman–Crippen LogP) is 13.5. The van der Waals surface area contributed by atoms with Crippen LogP contribution in [-0.4, -0.2) is 9.13 Å². The molecule has 0 aliphatic heterocycles. The third kappa shape index (κ3) is 4.39. The highest BCUT2D eigenvalue weighted by molar-refractivity contribution is 6.12. The maximum atomic E-state index is 2.46. The van der Waals surface area contributed by atoms with Gasteiger partial charge < -0.3 is 9.13 Å². The second-order valence-electron chi connectivity index (χ2n) is 15.0. The molecule has 0 amide bonds. The fourth-order valence-corrected chi connectivity index (χ4v) is 9.12. The molecule has 1 aliphatic rings. The Morgan fingerprint density at radius 2 is 0.849 bits per heavy atom. The standard InChI is InChI=1S/C51H36N2/c1-51(2)45-30-36(24-26-39(45)42-31-44-41-21-10-11-22-47(41)52(50(44)32-46(42)51)37-17-7-4-8-18-37)35-25-27-49-43(29-35)40-20-9-12-23-48(40)53(49)38-19-13-16-34(28-38)33-14-5-3-6-15-33/h3-32H,1-2H3. The van der Waals surface area contributed by atoms with Gasteiger partial charge in [-0.2, -0.15) is 0 Å². The maximum Gasteiger partial charge on any atom is 0.0544 e. The summed E-state index contributed by atoms with van der Waals surface area (Å²) < 4.78 is 4.85. The van der Waals surface area contributed by atoms with Gasteiger partial charge in [0.2, 0.25) is 0 Å². The van der Waals surface area contributed by atoms with Crippen molar-refractivity contribution in [2.45, 2.75) is 19.3 Å². The summed E-state index contributed by atoms with van der Waals surface area (Å²) in [6.07, 6.45) is 0. The molecular weight excluding hydrogens is 641 g/mol. The van der Waals surface area contributed by atoms with Crippen molar-refractivity contribution in [2.75, 3.05) is 0 Å². The first-order valence-electron chi connectivity index (χ1n) is 18.5. The van der Waals surface area contributed by atoms with Crippen LogP contribution in [0.3, 0.4) is 0 Å². The van der Waals surface area contributed by atoms with E-state index in [9.17, 15) is 0 Å².